The largest absolute Gasteiger partial charge is 0.310 e. The van der Waals surface area contributed by atoms with Crippen molar-refractivity contribution in [3.63, 3.8) is 0 Å². The molecule has 0 radical (unpaired) electrons. The van der Waals surface area contributed by atoms with Crippen molar-refractivity contribution in [1.29, 1.82) is 0 Å². The minimum Gasteiger partial charge on any atom is -0.310 e. The third-order valence-corrected chi connectivity index (χ3v) is 6.37. The summed E-state index contributed by atoms with van der Waals surface area (Å²) < 4.78 is 24.4. The van der Waals surface area contributed by atoms with E-state index in [2.05, 4.69) is 34.8 Å². The van der Waals surface area contributed by atoms with Crippen LogP contribution in [0.4, 0.5) is 0 Å². The fourth-order valence-corrected chi connectivity index (χ4v) is 3.91. The van der Waals surface area contributed by atoms with Crippen LogP contribution in [0.15, 0.2) is 18.2 Å². The maximum Gasteiger partial charge on any atom is 0.150 e. The molecule has 1 aromatic rings. The molecule has 1 aromatic carbocycles. The molecule has 0 aromatic heterocycles. The summed E-state index contributed by atoms with van der Waals surface area (Å²) >= 11 is 8.40. The van der Waals surface area contributed by atoms with Crippen LogP contribution in [0, 0.1) is 3.57 Å². The number of rotatable bonds is 9. The normalized spacial score (nSPS) is 13.3. The van der Waals surface area contributed by atoms with Crippen LogP contribution in [0.1, 0.15) is 44.7 Å². The topological polar surface area (TPSA) is 46.2 Å². The van der Waals surface area contributed by atoms with E-state index >= 15 is 0 Å². The Morgan fingerprint density at radius 1 is 1.33 bits per heavy atom. The molecule has 0 saturated heterocycles. The lowest BCUT2D eigenvalue weighted by molar-refractivity contribution is 0.490. The quantitative estimate of drug-likeness (QED) is 0.582. The Morgan fingerprint density at radius 3 is 2.67 bits per heavy atom. The summed E-state index contributed by atoms with van der Waals surface area (Å²) in [6.07, 6.45) is 2.51. The van der Waals surface area contributed by atoms with Crippen LogP contribution in [0.5, 0.6) is 0 Å². The van der Waals surface area contributed by atoms with Gasteiger partial charge in [-0.1, -0.05) is 25.4 Å². The number of hydrogen-bond donors (Lipinski definition) is 1. The van der Waals surface area contributed by atoms with Crippen molar-refractivity contribution >= 4 is 44.0 Å². The Kier molecular flexibility index (Phi) is 8.52. The molecule has 120 valence electrons. The second-order valence-corrected chi connectivity index (χ2v) is 9.12. The van der Waals surface area contributed by atoms with Gasteiger partial charge in [-0.15, -0.1) is 0 Å². The molecular weight excluding hydrogens is 421 g/mol. The van der Waals surface area contributed by atoms with E-state index in [1.165, 1.54) is 0 Å². The van der Waals surface area contributed by atoms with E-state index in [9.17, 15) is 8.42 Å². The third kappa shape index (κ3) is 6.84. The number of halogens is 2. The SMILES string of the molecule is CCCNC(CCCS(=O)(=O)CC)c1cc(Cl)ccc1I. The minimum atomic E-state index is -2.89. The average Bonchev–Trinajstić information content (AvgIpc) is 2.45. The molecule has 0 aliphatic rings. The number of nitrogens with one attached hydrogen (secondary N) is 1. The highest BCUT2D eigenvalue weighted by Crippen LogP contribution is 2.27. The first-order valence-electron chi connectivity index (χ1n) is 7.28. The third-order valence-electron chi connectivity index (χ3n) is 3.36. The molecule has 0 bridgehead atoms. The average molecular weight is 444 g/mol. The van der Waals surface area contributed by atoms with Crippen LogP contribution in [0.2, 0.25) is 5.02 Å². The van der Waals surface area contributed by atoms with E-state index in [-0.39, 0.29) is 17.5 Å². The Balaban J connectivity index is 2.78. The fraction of sp³-hybridized carbons (Fsp3) is 0.600. The van der Waals surface area contributed by atoms with Crippen molar-refractivity contribution < 1.29 is 8.42 Å². The van der Waals surface area contributed by atoms with E-state index in [1.54, 1.807) is 6.92 Å². The summed E-state index contributed by atoms with van der Waals surface area (Å²) in [5.74, 6) is 0.472. The second kappa shape index (κ2) is 9.33. The molecule has 0 heterocycles. The molecule has 0 spiro atoms. The molecule has 1 N–H and O–H groups in total. The molecular formula is C15H23ClINO2S. The van der Waals surface area contributed by atoms with Crippen LogP contribution in [0.3, 0.4) is 0 Å². The maximum absolute atomic E-state index is 11.6. The molecule has 6 heteroatoms. The molecule has 1 unspecified atom stereocenters. The standard InChI is InChI=1S/C15H23ClINO2S/c1-3-9-18-15(6-5-10-21(19,20)4-2)13-11-12(16)7-8-14(13)17/h7-8,11,15,18H,3-6,9-10H2,1-2H3. The van der Waals surface area contributed by atoms with Crippen molar-refractivity contribution in [1.82, 2.24) is 5.32 Å². The summed E-state index contributed by atoms with van der Waals surface area (Å²) in [5.41, 5.74) is 1.16. The van der Waals surface area contributed by atoms with Gasteiger partial charge in [0.25, 0.3) is 0 Å². The first-order chi connectivity index (χ1) is 9.89. The Hall–Kier alpha value is 0.150. The van der Waals surface area contributed by atoms with E-state index < -0.39 is 9.84 Å². The van der Waals surface area contributed by atoms with Crippen molar-refractivity contribution in [3.05, 3.63) is 32.4 Å². The highest BCUT2D eigenvalue weighted by Gasteiger charge is 2.16. The number of sulfone groups is 1. The zero-order chi connectivity index (χ0) is 15.9. The zero-order valence-electron chi connectivity index (χ0n) is 12.5. The van der Waals surface area contributed by atoms with E-state index in [4.69, 9.17) is 11.6 Å². The molecule has 1 rings (SSSR count). The van der Waals surface area contributed by atoms with E-state index in [0.717, 1.165) is 33.5 Å². The van der Waals surface area contributed by atoms with Gasteiger partial charge in [-0.25, -0.2) is 8.42 Å². The van der Waals surface area contributed by atoms with E-state index in [0.29, 0.717) is 6.42 Å². The monoisotopic (exact) mass is 443 g/mol. The Labute approximate surface area is 146 Å². The van der Waals surface area contributed by atoms with Crippen molar-refractivity contribution in [2.45, 2.75) is 39.2 Å². The van der Waals surface area contributed by atoms with Crippen molar-refractivity contribution in [3.8, 4) is 0 Å². The lowest BCUT2D eigenvalue weighted by Gasteiger charge is -2.20. The molecule has 0 amide bonds. The summed E-state index contributed by atoms with van der Waals surface area (Å²) in [7, 11) is -2.89. The van der Waals surface area contributed by atoms with Crippen LogP contribution in [-0.4, -0.2) is 26.5 Å². The van der Waals surface area contributed by atoms with Gasteiger partial charge in [-0.3, -0.25) is 0 Å². The van der Waals surface area contributed by atoms with Gasteiger partial charge in [0.2, 0.25) is 0 Å². The number of hydrogen-bond acceptors (Lipinski definition) is 3. The predicted molar refractivity (Wildman–Crippen MR) is 98.8 cm³/mol. The van der Waals surface area contributed by atoms with Crippen molar-refractivity contribution in [2.75, 3.05) is 18.1 Å². The molecule has 3 nitrogen and oxygen atoms in total. The number of benzene rings is 1. The first-order valence-corrected chi connectivity index (χ1v) is 10.6. The van der Waals surface area contributed by atoms with Crippen LogP contribution in [-0.2, 0) is 9.84 Å². The summed E-state index contributed by atoms with van der Waals surface area (Å²) in [6, 6.07) is 6.01. The zero-order valence-corrected chi connectivity index (χ0v) is 16.3. The van der Waals surface area contributed by atoms with Gasteiger partial charge in [0.15, 0.2) is 0 Å². The van der Waals surface area contributed by atoms with Gasteiger partial charge in [0.1, 0.15) is 9.84 Å². The van der Waals surface area contributed by atoms with E-state index in [1.807, 2.05) is 18.2 Å². The molecule has 0 fully saturated rings. The lowest BCUT2D eigenvalue weighted by atomic mass is 10.0. The molecule has 21 heavy (non-hydrogen) atoms. The van der Waals surface area contributed by atoms with Gasteiger partial charge < -0.3 is 5.32 Å². The maximum atomic E-state index is 11.6. The highest BCUT2D eigenvalue weighted by molar-refractivity contribution is 14.1. The summed E-state index contributed by atoms with van der Waals surface area (Å²) in [6.45, 7) is 4.73. The van der Waals surface area contributed by atoms with Gasteiger partial charge in [-0.05, 0) is 72.2 Å². The second-order valence-electron chi connectivity index (χ2n) is 5.05. The molecule has 0 saturated carbocycles. The minimum absolute atomic E-state index is 0.155. The van der Waals surface area contributed by atoms with Crippen LogP contribution < -0.4 is 5.32 Å². The first kappa shape index (κ1) is 19.2. The van der Waals surface area contributed by atoms with Gasteiger partial charge >= 0.3 is 0 Å². The highest BCUT2D eigenvalue weighted by atomic mass is 127. The van der Waals surface area contributed by atoms with Gasteiger partial charge in [0.05, 0.1) is 5.75 Å². The lowest BCUT2D eigenvalue weighted by Crippen LogP contribution is -2.24. The fourth-order valence-electron chi connectivity index (χ4n) is 2.12. The molecule has 0 aliphatic carbocycles. The van der Waals surface area contributed by atoms with Gasteiger partial charge in [0, 0.05) is 20.4 Å². The molecule has 1 atom stereocenters. The molecule has 0 aliphatic heterocycles. The van der Waals surface area contributed by atoms with Crippen molar-refractivity contribution in [2.24, 2.45) is 0 Å². The summed E-state index contributed by atoms with van der Waals surface area (Å²) in [5, 5.41) is 4.22. The van der Waals surface area contributed by atoms with Crippen LogP contribution in [0.25, 0.3) is 0 Å². The predicted octanol–water partition coefficient (Wildman–Crippen LogP) is 4.20. The summed E-state index contributed by atoms with van der Waals surface area (Å²) in [4.78, 5) is 0. The smallest absolute Gasteiger partial charge is 0.150 e. The Morgan fingerprint density at radius 2 is 2.05 bits per heavy atom. The van der Waals surface area contributed by atoms with Gasteiger partial charge in [-0.2, -0.15) is 0 Å². The van der Waals surface area contributed by atoms with Crippen LogP contribution >= 0.6 is 34.2 Å². The Bertz CT molecular complexity index is 549.